The van der Waals surface area contributed by atoms with Crippen molar-refractivity contribution in [1.82, 2.24) is 0 Å². The predicted octanol–water partition coefficient (Wildman–Crippen LogP) is 7.27. The first-order chi connectivity index (χ1) is 12.8. The fourth-order valence-corrected chi connectivity index (χ4v) is 2.97. The molecular weight excluding hydrogens is 320 g/mol. The summed E-state index contributed by atoms with van der Waals surface area (Å²) in [5.74, 6) is 1.75. The van der Waals surface area contributed by atoms with Gasteiger partial charge in [-0.15, -0.1) is 0 Å². The van der Waals surface area contributed by atoms with Gasteiger partial charge < -0.3 is 9.47 Å². The molecule has 0 aromatic heterocycles. The van der Waals surface area contributed by atoms with Gasteiger partial charge in [0.1, 0.15) is 0 Å². The Labute approximate surface area is 159 Å². The molecule has 0 spiro atoms. The van der Waals surface area contributed by atoms with Crippen LogP contribution >= 0.6 is 0 Å². The normalized spacial score (nSPS) is 10.7. The Balaban J connectivity index is 2.01. The van der Waals surface area contributed by atoms with Crippen LogP contribution in [-0.2, 0) is 0 Å². The lowest BCUT2D eigenvalue weighted by atomic mass is 10.1. The Hall–Kier alpha value is -1.96. The second-order valence-electron chi connectivity index (χ2n) is 6.85. The third-order valence-electron chi connectivity index (χ3n) is 4.56. The lowest BCUT2D eigenvalue weighted by molar-refractivity contribution is 0.259. The van der Waals surface area contributed by atoms with Crippen molar-refractivity contribution in [3.8, 4) is 22.6 Å². The van der Waals surface area contributed by atoms with Gasteiger partial charge in [-0.1, -0.05) is 88.8 Å². The molecular formula is C24H34O2. The Morgan fingerprint density at radius 1 is 0.577 bits per heavy atom. The number of rotatable bonds is 13. The lowest BCUT2D eigenvalue weighted by Crippen LogP contribution is -2.03. The van der Waals surface area contributed by atoms with Crippen LogP contribution in [0.3, 0.4) is 0 Å². The van der Waals surface area contributed by atoms with E-state index in [1.165, 1.54) is 49.7 Å². The number of unbranched alkanes of at least 4 members (excludes halogenated alkanes) is 6. The molecule has 2 heteroatoms. The average Bonchev–Trinajstić information content (AvgIpc) is 2.69. The van der Waals surface area contributed by atoms with E-state index in [9.17, 15) is 0 Å². The summed E-state index contributed by atoms with van der Waals surface area (Å²) >= 11 is 0. The average molecular weight is 355 g/mol. The molecule has 0 heterocycles. The summed E-state index contributed by atoms with van der Waals surface area (Å²) in [4.78, 5) is 0. The molecule has 2 rings (SSSR count). The minimum atomic E-state index is 0.754. The fraction of sp³-hybridized carbons (Fsp3) is 0.500. The molecule has 0 bridgehead atoms. The smallest absolute Gasteiger partial charge is 0.161 e. The van der Waals surface area contributed by atoms with Gasteiger partial charge in [-0.05, 0) is 36.1 Å². The highest BCUT2D eigenvalue weighted by atomic mass is 16.5. The lowest BCUT2D eigenvalue weighted by Gasteiger charge is -2.14. The van der Waals surface area contributed by atoms with Gasteiger partial charge in [0.05, 0.1) is 13.2 Å². The van der Waals surface area contributed by atoms with Crippen molar-refractivity contribution in [3.63, 3.8) is 0 Å². The van der Waals surface area contributed by atoms with E-state index >= 15 is 0 Å². The van der Waals surface area contributed by atoms with Crippen LogP contribution in [0.5, 0.6) is 11.5 Å². The van der Waals surface area contributed by atoms with E-state index in [4.69, 9.17) is 9.47 Å². The highest BCUT2D eigenvalue weighted by molar-refractivity contribution is 5.67. The highest BCUT2D eigenvalue weighted by Gasteiger charge is 2.08. The van der Waals surface area contributed by atoms with Crippen LogP contribution in [0.25, 0.3) is 11.1 Å². The van der Waals surface area contributed by atoms with Gasteiger partial charge in [-0.2, -0.15) is 0 Å². The number of hydrogen-bond donors (Lipinski definition) is 0. The summed E-state index contributed by atoms with van der Waals surface area (Å²) in [5, 5.41) is 0. The predicted molar refractivity (Wildman–Crippen MR) is 111 cm³/mol. The van der Waals surface area contributed by atoms with Gasteiger partial charge in [-0.3, -0.25) is 0 Å². The monoisotopic (exact) mass is 354 g/mol. The molecule has 0 saturated heterocycles. The Morgan fingerprint density at radius 2 is 1.19 bits per heavy atom. The maximum Gasteiger partial charge on any atom is 0.161 e. The molecule has 0 aliphatic carbocycles. The molecule has 2 aromatic carbocycles. The van der Waals surface area contributed by atoms with Crippen LogP contribution in [-0.4, -0.2) is 13.2 Å². The van der Waals surface area contributed by atoms with Crippen LogP contribution in [0.1, 0.15) is 65.2 Å². The van der Waals surface area contributed by atoms with Crippen molar-refractivity contribution in [2.24, 2.45) is 0 Å². The van der Waals surface area contributed by atoms with E-state index in [-0.39, 0.29) is 0 Å². The quantitative estimate of drug-likeness (QED) is 0.352. The largest absolute Gasteiger partial charge is 0.490 e. The van der Waals surface area contributed by atoms with Gasteiger partial charge in [0, 0.05) is 0 Å². The summed E-state index contributed by atoms with van der Waals surface area (Å²) in [6.07, 6.45) is 9.69. The minimum Gasteiger partial charge on any atom is -0.490 e. The van der Waals surface area contributed by atoms with E-state index in [0.717, 1.165) is 37.6 Å². The fourth-order valence-electron chi connectivity index (χ4n) is 2.97. The van der Waals surface area contributed by atoms with E-state index < -0.39 is 0 Å². The topological polar surface area (TPSA) is 18.5 Å². The van der Waals surface area contributed by atoms with Crippen LogP contribution in [0, 0.1) is 0 Å². The third kappa shape index (κ3) is 7.11. The maximum atomic E-state index is 6.10. The molecule has 0 atom stereocenters. The van der Waals surface area contributed by atoms with Crippen LogP contribution in [0.15, 0.2) is 48.5 Å². The number of ether oxygens (including phenoxy) is 2. The first kappa shape index (κ1) is 20.4. The molecule has 142 valence electrons. The Bertz CT molecular complexity index is 607. The summed E-state index contributed by atoms with van der Waals surface area (Å²) in [6, 6.07) is 16.7. The van der Waals surface area contributed by atoms with Crippen LogP contribution < -0.4 is 9.47 Å². The molecule has 26 heavy (non-hydrogen) atoms. The summed E-state index contributed by atoms with van der Waals surface area (Å²) < 4.78 is 12.1. The van der Waals surface area contributed by atoms with Crippen molar-refractivity contribution < 1.29 is 9.47 Å². The molecule has 0 unspecified atom stereocenters. The first-order valence-electron chi connectivity index (χ1n) is 10.3. The Kier molecular flexibility index (Phi) is 9.71. The number of hydrogen-bond acceptors (Lipinski definition) is 2. The van der Waals surface area contributed by atoms with Gasteiger partial charge in [-0.25, -0.2) is 0 Å². The van der Waals surface area contributed by atoms with Gasteiger partial charge in [0.15, 0.2) is 11.5 Å². The van der Waals surface area contributed by atoms with Crippen molar-refractivity contribution in [3.05, 3.63) is 48.5 Å². The number of benzene rings is 2. The zero-order valence-electron chi connectivity index (χ0n) is 16.5. The van der Waals surface area contributed by atoms with E-state index in [1.807, 2.05) is 6.07 Å². The summed E-state index contributed by atoms with van der Waals surface area (Å²) in [7, 11) is 0. The van der Waals surface area contributed by atoms with E-state index in [1.54, 1.807) is 0 Å². The zero-order chi connectivity index (χ0) is 18.5. The minimum absolute atomic E-state index is 0.754. The maximum absolute atomic E-state index is 6.10. The molecule has 0 aliphatic rings. The molecule has 0 amide bonds. The second-order valence-corrected chi connectivity index (χ2v) is 6.85. The van der Waals surface area contributed by atoms with Crippen molar-refractivity contribution in [2.75, 3.05) is 13.2 Å². The molecule has 2 aromatic rings. The standard InChI is InChI=1S/C24H34O2/c1-3-5-7-12-18-25-23-17-16-22(21-14-10-9-11-15-21)20-24(23)26-19-13-8-6-4-2/h9-11,14-17,20H,3-8,12-13,18-19H2,1-2H3. The molecule has 0 aliphatic heterocycles. The van der Waals surface area contributed by atoms with E-state index in [2.05, 4.69) is 56.3 Å². The molecule has 0 fully saturated rings. The molecule has 2 nitrogen and oxygen atoms in total. The van der Waals surface area contributed by atoms with Crippen molar-refractivity contribution in [1.29, 1.82) is 0 Å². The van der Waals surface area contributed by atoms with Gasteiger partial charge in [0.25, 0.3) is 0 Å². The SMILES string of the molecule is CCCCCCOc1ccc(-c2ccccc2)cc1OCCCCCC. The van der Waals surface area contributed by atoms with Crippen molar-refractivity contribution in [2.45, 2.75) is 65.2 Å². The highest BCUT2D eigenvalue weighted by Crippen LogP contribution is 2.33. The van der Waals surface area contributed by atoms with E-state index in [0.29, 0.717) is 0 Å². The van der Waals surface area contributed by atoms with Gasteiger partial charge >= 0.3 is 0 Å². The Morgan fingerprint density at radius 3 is 1.81 bits per heavy atom. The molecule has 0 saturated carbocycles. The van der Waals surface area contributed by atoms with Crippen molar-refractivity contribution >= 4 is 0 Å². The first-order valence-corrected chi connectivity index (χ1v) is 10.3. The molecule has 0 N–H and O–H groups in total. The molecule has 0 radical (unpaired) electrons. The van der Waals surface area contributed by atoms with Gasteiger partial charge in [0.2, 0.25) is 0 Å². The summed E-state index contributed by atoms with van der Waals surface area (Å²) in [5.41, 5.74) is 2.38. The second kappa shape index (κ2) is 12.4. The zero-order valence-corrected chi connectivity index (χ0v) is 16.5. The van der Waals surface area contributed by atoms with Crippen LogP contribution in [0.2, 0.25) is 0 Å². The van der Waals surface area contributed by atoms with Crippen LogP contribution in [0.4, 0.5) is 0 Å². The third-order valence-corrected chi connectivity index (χ3v) is 4.56. The summed E-state index contributed by atoms with van der Waals surface area (Å²) in [6.45, 7) is 5.98.